The maximum Gasteiger partial charge on any atom is 0.225 e. The highest BCUT2D eigenvalue weighted by Gasteiger charge is 2.54. The molecule has 4 atom stereocenters. The number of amidine groups is 1. The summed E-state index contributed by atoms with van der Waals surface area (Å²) in [5, 5.41) is 3.82. The average Bonchev–Trinajstić information content (AvgIpc) is 3.16. The Labute approximate surface area is 197 Å². The number of rotatable bonds is 2. The minimum absolute atomic E-state index is 0.0113. The molecule has 1 saturated carbocycles. The molecule has 0 saturated heterocycles. The number of fused-ring (bicyclic) bond motifs is 4. The van der Waals surface area contributed by atoms with Gasteiger partial charge in [-0.05, 0) is 43.0 Å². The normalized spacial score (nSPS) is 28.5. The SMILES string of the molecule is CC(C)(C)C(=O)N[C@H]1CC[C@@H]2Oc3ccc(-c4cncc(F)c4)cc3C3(CSC(N)=N3)[C@H]2C1. The van der Waals surface area contributed by atoms with Crippen LogP contribution in [0.3, 0.4) is 0 Å². The van der Waals surface area contributed by atoms with Crippen LogP contribution in [0.4, 0.5) is 4.39 Å². The van der Waals surface area contributed by atoms with E-state index in [-0.39, 0.29) is 29.8 Å². The molecule has 3 aliphatic rings. The Balaban J connectivity index is 1.53. The Bertz CT molecular complexity index is 1130. The highest BCUT2D eigenvalue weighted by Crippen LogP contribution is 2.54. The summed E-state index contributed by atoms with van der Waals surface area (Å²) in [6, 6.07) is 7.48. The topological polar surface area (TPSA) is 89.6 Å². The lowest BCUT2D eigenvalue weighted by Gasteiger charge is -2.49. The third-order valence-corrected chi connectivity index (χ3v) is 7.90. The van der Waals surface area contributed by atoms with Gasteiger partial charge in [0.1, 0.15) is 23.2 Å². The van der Waals surface area contributed by atoms with Gasteiger partial charge in [-0.25, -0.2) is 9.38 Å². The number of thioether (sulfide) groups is 1. The molecule has 0 bridgehead atoms. The van der Waals surface area contributed by atoms with Crippen molar-refractivity contribution in [3.8, 4) is 16.9 Å². The summed E-state index contributed by atoms with van der Waals surface area (Å²) in [5.74, 6) is 1.29. The number of aromatic nitrogens is 1. The smallest absolute Gasteiger partial charge is 0.225 e. The summed E-state index contributed by atoms with van der Waals surface area (Å²) in [5.41, 5.74) is 7.77. The maximum atomic E-state index is 13.8. The number of benzene rings is 1. The largest absolute Gasteiger partial charge is 0.490 e. The first kappa shape index (κ1) is 22.2. The average molecular weight is 469 g/mol. The molecule has 5 rings (SSSR count). The van der Waals surface area contributed by atoms with Crippen molar-refractivity contribution in [2.24, 2.45) is 22.1 Å². The molecule has 174 valence electrons. The minimum Gasteiger partial charge on any atom is -0.490 e. The van der Waals surface area contributed by atoms with Gasteiger partial charge in [0.05, 0.1) is 6.20 Å². The van der Waals surface area contributed by atoms with E-state index >= 15 is 0 Å². The molecule has 2 aliphatic heterocycles. The van der Waals surface area contributed by atoms with Crippen LogP contribution in [0.15, 0.2) is 41.7 Å². The molecule has 1 amide bonds. The van der Waals surface area contributed by atoms with Crippen LogP contribution in [-0.4, -0.2) is 34.0 Å². The van der Waals surface area contributed by atoms with Crippen LogP contribution in [0.2, 0.25) is 0 Å². The summed E-state index contributed by atoms with van der Waals surface area (Å²) in [7, 11) is 0. The number of nitrogens with one attached hydrogen (secondary N) is 1. The van der Waals surface area contributed by atoms with E-state index in [1.165, 1.54) is 12.3 Å². The Morgan fingerprint density at radius 3 is 2.76 bits per heavy atom. The van der Waals surface area contributed by atoms with Gasteiger partial charge in [0.2, 0.25) is 5.91 Å². The molecule has 1 fully saturated rings. The van der Waals surface area contributed by atoms with Gasteiger partial charge in [-0.3, -0.25) is 9.78 Å². The molecule has 1 aromatic carbocycles. The number of pyridine rings is 1. The minimum atomic E-state index is -0.533. The van der Waals surface area contributed by atoms with Crippen LogP contribution in [0.25, 0.3) is 11.1 Å². The standard InChI is InChI=1S/C25H29FN4O2S/c1-24(2,3)22(31)29-17-5-7-21-19(10-17)25(13-33-23(27)30-25)18-9-14(4-6-20(18)32-21)15-8-16(26)12-28-11-15/h4,6,8-9,11-12,17,19,21H,5,7,10,13H2,1-3H3,(H2,27,30)(H,29,31)/t17-,19-,21-,25?/m0/s1. The van der Waals surface area contributed by atoms with Crippen LogP contribution in [0.1, 0.15) is 45.6 Å². The van der Waals surface area contributed by atoms with Crippen molar-refractivity contribution in [3.63, 3.8) is 0 Å². The number of aliphatic imine (C=N–C) groups is 1. The van der Waals surface area contributed by atoms with E-state index in [1.807, 2.05) is 39.0 Å². The van der Waals surface area contributed by atoms with Gasteiger partial charge >= 0.3 is 0 Å². The highest BCUT2D eigenvalue weighted by molar-refractivity contribution is 8.14. The molecule has 3 heterocycles. The van der Waals surface area contributed by atoms with E-state index in [0.29, 0.717) is 10.7 Å². The summed E-state index contributed by atoms with van der Waals surface area (Å²) >= 11 is 1.56. The number of ether oxygens (including phenoxy) is 1. The molecule has 3 N–H and O–H groups in total. The summed E-state index contributed by atoms with van der Waals surface area (Å²) < 4.78 is 20.3. The molecule has 8 heteroatoms. The number of hydrogen-bond acceptors (Lipinski definition) is 6. The Kier molecular flexibility index (Phi) is 5.39. The van der Waals surface area contributed by atoms with Gasteiger partial charge in [0, 0.05) is 40.5 Å². The maximum absolute atomic E-state index is 13.8. The lowest BCUT2D eigenvalue weighted by molar-refractivity contribution is -0.130. The molecule has 33 heavy (non-hydrogen) atoms. The van der Waals surface area contributed by atoms with Gasteiger partial charge in [-0.2, -0.15) is 0 Å². The van der Waals surface area contributed by atoms with Crippen molar-refractivity contribution in [1.29, 1.82) is 0 Å². The Morgan fingerprint density at radius 2 is 2.06 bits per heavy atom. The van der Waals surface area contributed by atoms with Gasteiger partial charge in [-0.1, -0.05) is 38.6 Å². The number of carbonyl (C=O) groups excluding carboxylic acids is 1. The Hall–Kier alpha value is -2.61. The van der Waals surface area contributed by atoms with Crippen LogP contribution in [0.5, 0.6) is 5.75 Å². The second-order valence-corrected chi connectivity index (χ2v) is 11.3. The van der Waals surface area contributed by atoms with Crippen molar-refractivity contribution >= 4 is 22.8 Å². The predicted molar refractivity (Wildman–Crippen MR) is 129 cm³/mol. The quantitative estimate of drug-likeness (QED) is 0.688. The van der Waals surface area contributed by atoms with Gasteiger partial charge < -0.3 is 15.8 Å². The third-order valence-electron chi connectivity index (χ3n) is 6.93. The molecule has 1 aromatic heterocycles. The first-order chi connectivity index (χ1) is 15.7. The van der Waals surface area contributed by atoms with Crippen molar-refractivity contribution < 1.29 is 13.9 Å². The molecule has 6 nitrogen and oxygen atoms in total. The first-order valence-corrected chi connectivity index (χ1v) is 12.4. The summed E-state index contributed by atoms with van der Waals surface area (Å²) in [6.45, 7) is 5.78. The fourth-order valence-electron chi connectivity index (χ4n) is 5.18. The zero-order valence-electron chi connectivity index (χ0n) is 19.1. The monoisotopic (exact) mass is 468 g/mol. The second kappa shape index (κ2) is 8.01. The van der Waals surface area contributed by atoms with Crippen molar-refractivity contribution in [2.75, 3.05) is 5.75 Å². The molecule has 1 spiro atoms. The van der Waals surface area contributed by atoms with Crippen LogP contribution in [-0.2, 0) is 10.3 Å². The second-order valence-electron chi connectivity index (χ2n) is 10.3. The Morgan fingerprint density at radius 1 is 1.24 bits per heavy atom. The van der Waals surface area contributed by atoms with E-state index in [0.717, 1.165) is 41.9 Å². The van der Waals surface area contributed by atoms with Gasteiger partial charge in [0.25, 0.3) is 0 Å². The zero-order chi connectivity index (χ0) is 23.4. The van der Waals surface area contributed by atoms with Crippen molar-refractivity contribution in [1.82, 2.24) is 10.3 Å². The van der Waals surface area contributed by atoms with Crippen LogP contribution in [0, 0.1) is 17.2 Å². The third kappa shape index (κ3) is 3.98. The predicted octanol–water partition coefficient (Wildman–Crippen LogP) is 4.24. The molecule has 0 radical (unpaired) electrons. The van der Waals surface area contributed by atoms with Gasteiger partial charge in [-0.15, -0.1) is 0 Å². The number of amides is 1. The zero-order valence-corrected chi connectivity index (χ0v) is 19.9. The van der Waals surface area contributed by atoms with Crippen LogP contribution < -0.4 is 15.8 Å². The fourth-order valence-corrected chi connectivity index (χ4v) is 6.21. The van der Waals surface area contributed by atoms with E-state index in [4.69, 9.17) is 15.5 Å². The fraction of sp³-hybridized carbons (Fsp3) is 0.480. The number of halogens is 1. The van der Waals surface area contributed by atoms with E-state index < -0.39 is 11.0 Å². The van der Waals surface area contributed by atoms with Crippen molar-refractivity contribution in [3.05, 3.63) is 48.0 Å². The summed E-state index contributed by atoms with van der Waals surface area (Å²) in [4.78, 5) is 21.6. The van der Waals surface area contributed by atoms with E-state index in [2.05, 4.69) is 10.3 Å². The number of carbonyl (C=O) groups is 1. The highest BCUT2D eigenvalue weighted by atomic mass is 32.2. The first-order valence-electron chi connectivity index (χ1n) is 11.4. The van der Waals surface area contributed by atoms with Crippen LogP contribution >= 0.6 is 11.8 Å². The lowest BCUT2D eigenvalue weighted by atomic mass is 9.67. The molecule has 1 unspecified atom stereocenters. The molecular formula is C25H29FN4O2S. The number of nitrogens with two attached hydrogens (primary N) is 1. The molecule has 1 aliphatic carbocycles. The lowest BCUT2D eigenvalue weighted by Crippen LogP contribution is -2.55. The number of hydrogen-bond donors (Lipinski definition) is 2. The van der Waals surface area contributed by atoms with E-state index in [1.54, 1.807) is 18.0 Å². The molecule has 2 aromatic rings. The number of nitrogens with zero attached hydrogens (tertiary/aromatic N) is 2. The van der Waals surface area contributed by atoms with Crippen molar-refractivity contribution in [2.45, 2.75) is 57.7 Å². The van der Waals surface area contributed by atoms with E-state index in [9.17, 15) is 9.18 Å². The van der Waals surface area contributed by atoms with Gasteiger partial charge in [0.15, 0.2) is 5.17 Å². The molecular weight excluding hydrogens is 439 g/mol. The summed E-state index contributed by atoms with van der Waals surface area (Å²) in [6.07, 6.45) is 5.35.